The molecule has 2 rings (SSSR count). The Kier molecular flexibility index (Phi) is 6.81. The van der Waals surface area contributed by atoms with Crippen molar-refractivity contribution < 1.29 is 27.9 Å². The number of sulfonamides is 1. The van der Waals surface area contributed by atoms with Gasteiger partial charge in [0.15, 0.2) is 0 Å². The summed E-state index contributed by atoms with van der Waals surface area (Å²) >= 11 is 0. The minimum Gasteiger partial charge on any atom is -0.480 e. The van der Waals surface area contributed by atoms with Gasteiger partial charge >= 0.3 is 11.9 Å². The van der Waals surface area contributed by atoms with Crippen molar-refractivity contribution >= 4 is 22.0 Å². The fourth-order valence-corrected chi connectivity index (χ4v) is 5.85. The van der Waals surface area contributed by atoms with Crippen LogP contribution in [0.4, 0.5) is 0 Å². The summed E-state index contributed by atoms with van der Waals surface area (Å²) in [5.41, 5.74) is 0. The smallest absolute Gasteiger partial charge is 0.317 e. The SMILES string of the molecule is CCN(CC(=O)O)C1CC(NS(=O)(=O)C2CCCCC2C(=O)OC)C1. The first-order valence-corrected chi connectivity index (χ1v) is 10.4. The summed E-state index contributed by atoms with van der Waals surface area (Å²) < 4.78 is 32.9. The molecule has 0 heterocycles. The van der Waals surface area contributed by atoms with E-state index in [2.05, 4.69) is 4.72 Å². The van der Waals surface area contributed by atoms with E-state index >= 15 is 0 Å². The molecule has 2 unspecified atom stereocenters. The van der Waals surface area contributed by atoms with E-state index in [0.29, 0.717) is 32.2 Å². The Balaban J connectivity index is 1.93. The average Bonchev–Trinajstić information content (AvgIpc) is 2.55. The second kappa shape index (κ2) is 8.46. The van der Waals surface area contributed by atoms with E-state index in [4.69, 9.17) is 9.84 Å². The number of esters is 1. The molecule has 0 bridgehead atoms. The molecule has 0 aromatic carbocycles. The summed E-state index contributed by atoms with van der Waals surface area (Å²) in [7, 11) is -2.33. The van der Waals surface area contributed by atoms with E-state index in [0.717, 1.165) is 12.8 Å². The number of ether oxygens (including phenoxy) is 1. The van der Waals surface area contributed by atoms with E-state index in [1.165, 1.54) is 7.11 Å². The maximum atomic E-state index is 12.7. The predicted octanol–water partition coefficient (Wildman–Crippen LogP) is 0.575. The number of hydrogen-bond donors (Lipinski definition) is 2. The van der Waals surface area contributed by atoms with Gasteiger partial charge in [0.2, 0.25) is 10.0 Å². The Hall–Kier alpha value is -1.19. The van der Waals surface area contributed by atoms with Crippen LogP contribution in [0.25, 0.3) is 0 Å². The minimum atomic E-state index is -3.61. The molecule has 2 aliphatic rings. The highest BCUT2D eigenvalue weighted by molar-refractivity contribution is 7.90. The van der Waals surface area contributed by atoms with Crippen LogP contribution in [-0.4, -0.2) is 67.9 Å². The summed E-state index contributed by atoms with van der Waals surface area (Å²) in [6.07, 6.45) is 3.80. The normalized spacial score (nSPS) is 29.9. The maximum Gasteiger partial charge on any atom is 0.317 e. The van der Waals surface area contributed by atoms with Gasteiger partial charge in [0.1, 0.15) is 0 Å². The molecule has 0 radical (unpaired) electrons. The quantitative estimate of drug-likeness (QED) is 0.596. The van der Waals surface area contributed by atoms with E-state index in [-0.39, 0.29) is 18.6 Å². The third kappa shape index (κ3) is 4.92. The molecule has 2 fully saturated rings. The van der Waals surface area contributed by atoms with Crippen molar-refractivity contribution in [1.29, 1.82) is 0 Å². The molecular formula is C16H28N2O6S. The summed E-state index contributed by atoms with van der Waals surface area (Å²) in [4.78, 5) is 24.6. The average molecular weight is 376 g/mol. The Morgan fingerprint density at radius 3 is 2.44 bits per heavy atom. The summed E-state index contributed by atoms with van der Waals surface area (Å²) in [5, 5.41) is 8.17. The van der Waals surface area contributed by atoms with Gasteiger partial charge in [-0.3, -0.25) is 14.5 Å². The topological polar surface area (TPSA) is 113 Å². The lowest BCUT2D eigenvalue weighted by Crippen LogP contribution is -2.57. The van der Waals surface area contributed by atoms with Crippen molar-refractivity contribution in [2.45, 2.75) is 62.8 Å². The van der Waals surface area contributed by atoms with Gasteiger partial charge in [-0.05, 0) is 32.2 Å². The molecular weight excluding hydrogens is 348 g/mol. The van der Waals surface area contributed by atoms with Crippen molar-refractivity contribution in [3.8, 4) is 0 Å². The summed E-state index contributed by atoms with van der Waals surface area (Å²) in [5.74, 6) is -1.94. The fraction of sp³-hybridized carbons (Fsp3) is 0.875. The zero-order valence-corrected chi connectivity index (χ0v) is 15.6. The minimum absolute atomic E-state index is 0.0341. The molecule has 2 atom stereocenters. The molecule has 8 nitrogen and oxygen atoms in total. The van der Waals surface area contributed by atoms with Crippen LogP contribution in [0, 0.1) is 5.92 Å². The largest absolute Gasteiger partial charge is 0.480 e. The van der Waals surface area contributed by atoms with Crippen LogP contribution in [0.1, 0.15) is 45.4 Å². The van der Waals surface area contributed by atoms with Crippen molar-refractivity contribution in [3.63, 3.8) is 0 Å². The van der Waals surface area contributed by atoms with Crippen LogP contribution < -0.4 is 4.72 Å². The number of nitrogens with one attached hydrogen (secondary N) is 1. The molecule has 9 heteroatoms. The molecule has 0 aliphatic heterocycles. The first-order valence-electron chi connectivity index (χ1n) is 8.83. The summed E-state index contributed by atoms with van der Waals surface area (Å²) in [6, 6.07) is -0.116. The second-order valence-corrected chi connectivity index (χ2v) is 8.83. The number of likely N-dealkylation sites (N-methyl/N-ethyl adjacent to an activating group) is 1. The number of methoxy groups -OCH3 is 1. The number of hydrogen-bond acceptors (Lipinski definition) is 6. The molecule has 0 spiro atoms. The molecule has 25 heavy (non-hydrogen) atoms. The van der Waals surface area contributed by atoms with E-state index < -0.39 is 33.1 Å². The number of carboxylic acids is 1. The first kappa shape index (κ1) is 20.1. The van der Waals surface area contributed by atoms with Crippen LogP contribution in [-0.2, 0) is 24.3 Å². The zero-order valence-electron chi connectivity index (χ0n) is 14.8. The lowest BCUT2D eigenvalue weighted by molar-refractivity contribution is -0.146. The van der Waals surface area contributed by atoms with Crippen molar-refractivity contribution in [2.75, 3.05) is 20.2 Å². The number of nitrogens with zero attached hydrogens (tertiary/aromatic N) is 1. The first-order chi connectivity index (χ1) is 11.8. The van der Waals surface area contributed by atoms with Gasteiger partial charge in [-0.25, -0.2) is 13.1 Å². The highest BCUT2D eigenvalue weighted by Gasteiger charge is 2.43. The van der Waals surface area contributed by atoms with Gasteiger partial charge in [-0.1, -0.05) is 19.8 Å². The molecule has 2 aliphatic carbocycles. The van der Waals surface area contributed by atoms with Crippen LogP contribution in [0.15, 0.2) is 0 Å². The van der Waals surface area contributed by atoms with Crippen molar-refractivity contribution in [1.82, 2.24) is 9.62 Å². The van der Waals surface area contributed by atoms with Gasteiger partial charge in [-0.15, -0.1) is 0 Å². The molecule has 0 aromatic heterocycles. The van der Waals surface area contributed by atoms with E-state index in [1.807, 2.05) is 11.8 Å². The van der Waals surface area contributed by atoms with Crippen LogP contribution in [0.5, 0.6) is 0 Å². The van der Waals surface area contributed by atoms with Gasteiger partial charge in [0.05, 0.1) is 24.8 Å². The number of rotatable bonds is 8. The molecule has 2 N–H and O–H groups in total. The van der Waals surface area contributed by atoms with Gasteiger partial charge in [0, 0.05) is 12.1 Å². The Labute approximate surface area is 149 Å². The Morgan fingerprint density at radius 1 is 1.24 bits per heavy atom. The van der Waals surface area contributed by atoms with Crippen molar-refractivity contribution in [2.24, 2.45) is 5.92 Å². The number of carbonyl (C=O) groups is 2. The number of aliphatic carboxylic acids is 1. The lowest BCUT2D eigenvalue weighted by Gasteiger charge is -2.43. The standard InChI is InChI=1S/C16H28N2O6S/c1-3-18(10-15(19)20)12-8-11(9-12)17-25(22,23)14-7-5-4-6-13(14)16(21)24-2/h11-14,17H,3-10H2,1-2H3,(H,19,20). The van der Waals surface area contributed by atoms with Crippen LogP contribution in [0.3, 0.4) is 0 Å². The van der Waals surface area contributed by atoms with Crippen LogP contribution >= 0.6 is 0 Å². The second-order valence-electron chi connectivity index (χ2n) is 6.89. The highest BCUT2D eigenvalue weighted by Crippen LogP contribution is 2.32. The fourth-order valence-electron chi connectivity index (χ4n) is 3.86. The van der Waals surface area contributed by atoms with Gasteiger partial charge in [0.25, 0.3) is 0 Å². The zero-order chi connectivity index (χ0) is 18.6. The highest BCUT2D eigenvalue weighted by atomic mass is 32.2. The molecule has 0 saturated heterocycles. The molecule has 0 amide bonds. The Bertz CT molecular complexity index is 587. The third-order valence-electron chi connectivity index (χ3n) is 5.31. The monoisotopic (exact) mass is 376 g/mol. The lowest BCUT2D eigenvalue weighted by atomic mass is 9.86. The Morgan fingerprint density at radius 2 is 1.88 bits per heavy atom. The van der Waals surface area contributed by atoms with Crippen molar-refractivity contribution in [3.05, 3.63) is 0 Å². The van der Waals surface area contributed by atoms with Gasteiger partial charge < -0.3 is 9.84 Å². The third-order valence-corrected chi connectivity index (χ3v) is 7.33. The molecule has 0 aromatic rings. The maximum absolute atomic E-state index is 12.7. The van der Waals surface area contributed by atoms with Gasteiger partial charge in [-0.2, -0.15) is 0 Å². The number of carboxylic acid groups (broad SMARTS) is 1. The van der Waals surface area contributed by atoms with E-state index in [9.17, 15) is 18.0 Å². The molecule has 144 valence electrons. The van der Waals surface area contributed by atoms with E-state index in [1.54, 1.807) is 0 Å². The summed E-state index contributed by atoms with van der Waals surface area (Å²) in [6.45, 7) is 2.47. The predicted molar refractivity (Wildman–Crippen MR) is 91.5 cm³/mol. The molecule has 2 saturated carbocycles. The van der Waals surface area contributed by atoms with Crippen LogP contribution in [0.2, 0.25) is 0 Å². The number of carbonyl (C=O) groups excluding carboxylic acids is 1.